The van der Waals surface area contributed by atoms with Gasteiger partial charge in [0.25, 0.3) is 0 Å². The first-order valence-electron chi connectivity index (χ1n) is 38.9. The van der Waals surface area contributed by atoms with Crippen LogP contribution in [-0.4, -0.2) is 189 Å². The van der Waals surface area contributed by atoms with E-state index in [1.807, 2.05) is 72.7 Å². The SMILES string of the molecule is C.CC(C)(C)OC(=O)N1CCCC(CN)C1.CC(C)(C)OC(=O)N1CCCC(CNS(=O)(=O)C2CCCCC2)C1.Cc1ccc2ncnc(Cl)c2c1.Cc1ccc2ncnc(N3CCCC(CNS(=O)(=O)C4CCCCC4)C3)c2c1.Cl.ClSC1CCCCC1.O.O.O=S(=O)(NCC1CCCNC1)C1CCCCC1. The summed E-state index contributed by atoms with van der Waals surface area (Å²) in [5.74, 6) is 2.34. The van der Waals surface area contributed by atoms with Gasteiger partial charge in [-0.3, -0.25) is 0 Å². The smallest absolute Gasteiger partial charge is 0.410 e. The van der Waals surface area contributed by atoms with Gasteiger partial charge in [-0.1, -0.05) is 130 Å². The predicted octanol–water partition coefficient (Wildman–Crippen LogP) is 14.3. The van der Waals surface area contributed by atoms with E-state index >= 15 is 0 Å². The molecule has 620 valence electrons. The molecule has 0 bridgehead atoms. The molecule has 24 nitrogen and oxygen atoms in total. The van der Waals surface area contributed by atoms with Gasteiger partial charge in [0.15, 0.2) is 0 Å². The Balaban J connectivity index is 0.000000346. The molecule has 31 heteroatoms. The number of fused-ring (bicyclic) bond motifs is 2. The standard InChI is InChI=1S/C21H30N4O2S.C17H32N2O4S.C12H24N2O2S.C11H22N2O2.C9H7ClN2.C6H11ClS.CH4.ClH.2H2O/c1-16-9-10-20-19(12-16)21(23-15-22-20)25-11-5-6-17(14-25)13-24-28(26,27)18-7-3-2-4-8-18;1-17(2,3)23-16(20)19-11-7-8-14(13-19)12-18-24(21,22)15-9-5-4-6-10-15;15-17(16,12-6-2-1-3-7-12)14-10-11-5-4-8-13-9-11;1-11(2,3)15-10(14)13-6-4-5-9(7-12)8-13;1-6-2-3-8-7(4-6)9(10)12-5-11-8;7-8-6-4-2-1-3-5-6;;;;/h9-10,12,15,17-18,24H,2-8,11,13-14H2,1H3;14-15,18H,4-13H2,1-3H3;11-14H,1-10H2;9H,4-8,12H2,1-3H3;2-5H,1H3;6H,1-5H2;1H4;1H;2*1H2. The number of aromatic nitrogens is 4. The van der Waals surface area contributed by atoms with E-state index in [1.54, 1.807) is 16.1 Å². The maximum atomic E-state index is 12.6. The van der Waals surface area contributed by atoms with E-state index in [2.05, 4.69) is 63.4 Å². The summed E-state index contributed by atoms with van der Waals surface area (Å²) in [7, 11) is -2.38. The first kappa shape index (κ1) is 98.4. The highest BCUT2D eigenvalue weighted by Crippen LogP contribution is 2.33. The van der Waals surface area contributed by atoms with Crippen LogP contribution in [0, 0.1) is 37.5 Å². The average Bonchev–Trinajstić information content (AvgIpc) is 0.796. The third kappa shape index (κ3) is 34.5. The predicted molar refractivity (Wildman–Crippen MR) is 447 cm³/mol. The van der Waals surface area contributed by atoms with Crippen LogP contribution < -0.4 is 30.1 Å². The summed E-state index contributed by atoms with van der Waals surface area (Å²) in [6.45, 7) is 24.1. The molecule has 4 saturated heterocycles. The van der Waals surface area contributed by atoms with Gasteiger partial charge in [-0.05, 0) is 236 Å². The second kappa shape index (κ2) is 49.1. The average molecular weight is 1660 g/mol. The van der Waals surface area contributed by atoms with Crippen LogP contribution in [0.25, 0.3) is 21.8 Å². The molecule has 10 N–H and O–H groups in total. The number of piperidine rings is 4. The molecule has 2 aromatic heterocycles. The molecule has 0 spiro atoms. The number of likely N-dealkylation sites (tertiary alicyclic amines) is 2. The number of sulfonamides is 3. The summed E-state index contributed by atoms with van der Waals surface area (Å²) in [5.41, 5.74) is 8.90. The molecule has 4 aliphatic carbocycles. The summed E-state index contributed by atoms with van der Waals surface area (Å²) < 4.78 is 93.6. The van der Waals surface area contributed by atoms with Crippen molar-refractivity contribution < 1.29 is 55.3 Å². The Hall–Kier alpha value is -3.75. The molecule has 4 atom stereocenters. The summed E-state index contributed by atoms with van der Waals surface area (Å²) >= 11 is 5.88. The zero-order chi connectivity index (χ0) is 75.3. The molecule has 2 aromatic carbocycles. The van der Waals surface area contributed by atoms with E-state index < -0.39 is 41.3 Å². The Morgan fingerprint density at radius 1 is 0.528 bits per heavy atom. The van der Waals surface area contributed by atoms with Crippen LogP contribution in [0.15, 0.2) is 49.1 Å². The lowest BCUT2D eigenvalue weighted by atomic mass is 9.98. The molecule has 6 heterocycles. The van der Waals surface area contributed by atoms with Gasteiger partial charge in [-0.2, -0.15) is 0 Å². The highest BCUT2D eigenvalue weighted by atomic mass is 35.7. The summed E-state index contributed by atoms with van der Waals surface area (Å²) in [6, 6.07) is 12.2. The molecule has 8 fully saturated rings. The third-order valence-electron chi connectivity index (χ3n) is 20.8. The Morgan fingerprint density at radius 2 is 0.917 bits per heavy atom. The van der Waals surface area contributed by atoms with Crippen molar-refractivity contribution in [2.45, 2.75) is 275 Å². The minimum absolute atomic E-state index is 0. The van der Waals surface area contributed by atoms with Crippen molar-refractivity contribution in [3.63, 3.8) is 0 Å². The third-order valence-corrected chi connectivity index (χ3v) is 28.3. The van der Waals surface area contributed by atoms with Crippen molar-refractivity contribution in [1.82, 2.24) is 49.2 Å². The highest BCUT2D eigenvalue weighted by molar-refractivity contribution is 8.21. The molecule has 0 radical (unpaired) electrons. The zero-order valence-corrected chi connectivity index (χ0v) is 70.7. The van der Waals surface area contributed by atoms with Gasteiger partial charge in [0.1, 0.15) is 34.8 Å². The molecular weight excluding hydrogens is 1520 g/mol. The fourth-order valence-corrected chi connectivity index (χ4v) is 21.1. The van der Waals surface area contributed by atoms with Crippen LogP contribution in [0.2, 0.25) is 5.15 Å². The number of nitrogens with zero attached hydrogens (tertiary/aromatic N) is 7. The summed E-state index contributed by atoms with van der Waals surface area (Å²) in [6.07, 6.45) is 32.4. The quantitative estimate of drug-likeness (QED) is 0.0690. The number of aryl methyl sites for hydroxylation is 2. The van der Waals surface area contributed by atoms with Gasteiger partial charge < -0.3 is 46.2 Å². The van der Waals surface area contributed by atoms with Crippen molar-refractivity contribution in [2.75, 3.05) is 83.4 Å². The second-order valence-corrected chi connectivity index (χ2v) is 39.9. The van der Waals surface area contributed by atoms with Crippen LogP contribution in [0.4, 0.5) is 15.4 Å². The van der Waals surface area contributed by atoms with E-state index in [9.17, 15) is 34.8 Å². The minimum Gasteiger partial charge on any atom is -0.444 e. The van der Waals surface area contributed by atoms with E-state index in [4.69, 9.17) is 37.5 Å². The lowest BCUT2D eigenvalue weighted by molar-refractivity contribution is 0.0160. The van der Waals surface area contributed by atoms with Crippen LogP contribution in [0.5, 0.6) is 0 Å². The number of amides is 2. The number of anilines is 1. The lowest BCUT2D eigenvalue weighted by Crippen LogP contribution is -2.46. The molecule has 4 unspecified atom stereocenters. The van der Waals surface area contributed by atoms with Gasteiger partial charge in [-0.25, -0.2) is 68.9 Å². The molecule has 4 aliphatic heterocycles. The highest BCUT2D eigenvalue weighted by Gasteiger charge is 2.34. The van der Waals surface area contributed by atoms with Crippen molar-refractivity contribution >= 4 is 116 Å². The van der Waals surface area contributed by atoms with Gasteiger partial charge >= 0.3 is 12.2 Å². The molecule has 12 rings (SSSR count). The normalized spacial score (nSPS) is 21.5. The molecule has 2 amide bonds. The number of hydrogen-bond donors (Lipinski definition) is 5. The molecule has 4 saturated carbocycles. The number of hydrogen-bond acceptors (Lipinski definition) is 18. The van der Waals surface area contributed by atoms with Crippen LogP contribution in [-0.2, 0) is 39.5 Å². The number of ether oxygens (including phenoxy) is 2. The van der Waals surface area contributed by atoms with Crippen molar-refractivity contribution in [2.24, 2.45) is 29.4 Å². The fourth-order valence-electron chi connectivity index (χ4n) is 14.9. The van der Waals surface area contributed by atoms with Gasteiger partial charge in [0, 0.05) is 74.9 Å². The van der Waals surface area contributed by atoms with Gasteiger partial charge in [-0.15, -0.1) is 12.4 Å². The first-order valence-corrected chi connectivity index (χ1v) is 45.7. The Labute approximate surface area is 668 Å². The zero-order valence-electron chi connectivity index (χ0n) is 65.1. The van der Waals surface area contributed by atoms with Crippen molar-refractivity contribution in [1.29, 1.82) is 0 Å². The van der Waals surface area contributed by atoms with E-state index in [1.165, 1.54) is 67.0 Å². The van der Waals surface area contributed by atoms with Crippen LogP contribution >= 0.6 is 45.7 Å². The number of benzene rings is 2. The molecule has 4 aromatic rings. The number of halogens is 3. The first-order chi connectivity index (χ1) is 49.5. The maximum absolute atomic E-state index is 12.6. The Kier molecular flexibility index (Phi) is 44.8. The Bertz CT molecular complexity index is 3590. The van der Waals surface area contributed by atoms with E-state index in [-0.39, 0.29) is 64.6 Å². The molecular formula is C77H135Cl3N12O12S4. The number of nitrogens with one attached hydrogen (secondary N) is 4. The van der Waals surface area contributed by atoms with Crippen LogP contribution in [0.1, 0.15) is 240 Å². The fraction of sp³-hybridized carbons (Fsp3) is 0.766. The van der Waals surface area contributed by atoms with Gasteiger partial charge in [0.05, 0.1) is 26.8 Å². The minimum atomic E-state index is -3.23. The topological polar surface area (TPSA) is 353 Å². The maximum Gasteiger partial charge on any atom is 0.410 e. The number of nitrogens with two attached hydrogens (primary N) is 1. The van der Waals surface area contributed by atoms with Crippen molar-refractivity contribution in [3.8, 4) is 0 Å². The molecule has 8 aliphatic rings. The van der Waals surface area contributed by atoms with E-state index in [0.717, 1.165) is 213 Å². The summed E-state index contributed by atoms with van der Waals surface area (Å²) in [5, 5.41) is 6.02. The van der Waals surface area contributed by atoms with Crippen LogP contribution in [0.3, 0.4) is 0 Å². The van der Waals surface area contributed by atoms with E-state index in [0.29, 0.717) is 62.2 Å². The second-order valence-electron chi connectivity index (χ2n) is 32.0. The van der Waals surface area contributed by atoms with Gasteiger partial charge in [0.2, 0.25) is 30.1 Å². The summed E-state index contributed by atoms with van der Waals surface area (Å²) in [4.78, 5) is 46.6. The number of rotatable bonds is 15. The Morgan fingerprint density at radius 3 is 1.34 bits per heavy atom. The monoisotopic (exact) mass is 1650 g/mol. The van der Waals surface area contributed by atoms with Crippen molar-refractivity contribution in [3.05, 3.63) is 65.3 Å². The molecule has 108 heavy (non-hydrogen) atoms. The number of carbonyl (C=O) groups excluding carboxylic acids is 2. The largest absolute Gasteiger partial charge is 0.444 e. The lowest BCUT2D eigenvalue weighted by Gasteiger charge is -2.34. The number of carbonyl (C=O) groups is 2.